The van der Waals surface area contributed by atoms with Crippen LogP contribution in [-0.2, 0) is 14.3 Å². The van der Waals surface area contributed by atoms with Crippen LogP contribution in [0.2, 0.25) is 0 Å². The molecule has 0 radical (unpaired) electrons. The number of carbonyl (C=O) groups excluding carboxylic acids is 1. The van der Waals surface area contributed by atoms with E-state index in [4.69, 9.17) is 9.47 Å². The predicted octanol–water partition coefficient (Wildman–Crippen LogP) is 13.7. The van der Waals surface area contributed by atoms with E-state index < -0.39 is 0 Å². The summed E-state index contributed by atoms with van der Waals surface area (Å²) in [6, 6.07) is 0. The molecule has 0 aromatic rings. The fraction of sp³-hybridized carbons (Fsp3) is 0.976. The van der Waals surface area contributed by atoms with Gasteiger partial charge in [0.2, 0.25) is 0 Å². The van der Waals surface area contributed by atoms with E-state index in [1.807, 2.05) is 7.11 Å². The highest BCUT2D eigenvalue weighted by atomic mass is 16.5. The van der Waals surface area contributed by atoms with Gasteiger partial charge in [-0.3, -0.25) is 4.79 Å². The third-order valence-electron chi connectivity index (χ3n) is 12.1. The van der Waals surface area contributed by atoms with Crippen molar-refractivity contribution >= 4 is 5.97 Å². The first kappa shape index (κ1) is 40.6. The zero-order valence-corrected chi connectivity index (χ0v) is 31.2. The van der Waals surface area contributed by atoms with E-state index in [0.717, 1.165) is 24.7 Å². The molecule has 0 aliphatic heterocycles. The summed E-state index contributed by atoms with van der Waals surface area (Å²) in [6.45, 7) is 6.21. The first-order valence-corrected chi connectivity index (χ1v) is 20.8. The summed E-state index contributed by atoms with van der Waals surface area (Å²) >= 11 is 0. The van der Waals surface area contributed by atoms with Gasteiger partial charge in [0.05, 0.1) is 6.10 Å². The largest absolute Gasteiger partial charge is 0.463 e. The third-order valence-corrected chi connectivity index (χ3v) is 12.1. The lowest BCUT2D eigenvalue weighted by Crippen LogP contribution is -2.43. The molecular weight excluding hydrogens is 552 g/mol. The van der Waals surface area contributed by atoms with E-state index in [2.05, 4.69) is 13.8 Å². The summed E-state index contributed by atoms with van der Waals surface area (Å²) in [4.78, 5) is 11.7. The summed E-state index contributed by atoms with van der Waals surface area (Å²) in [5.74, 6) is 1.56. The Balaban J connectivity index is 1.93. The Kier molecular flexibility index (Phi) is 23.8. The van der Waals surface area contributed by atoms with Crippen molar-refractivity contribution < 1.29 is 14.3 Å². The Morgan fingerprint density at radius 3 is 1.11 bits per heavy atom. The molecule has 0 amide bonds. The Bertz CT molecular complexity index is 647. The van der Waals surface area contributed by atoms with E-state index >= 15 is 0 Å². The topological polar surface area (TPSA) is 35.5 Å². The highest BCUT2D eigenvalue weighted by Gasteiger charge is 2.46. The molecule has 0 bridgehead atoms. The van der Waals surface area contributed by atoms with E-state index in [0.29, 0.717) is 11.5 Å². The van der Waals surface area contributed by atoms with E-state index in [1.54, 1.807) is 6.92 Å². The number of hydrogen-bond donors (Lipinski definition) is 0. The van der Waals surface area contributed by atoms with Crippen LogP contribution in [0.15, 0.2) is 0 Å². The van der Waals surface area contributed by atoms with Crippen LogP contribution in [0.5, 0.6) is 0 Å². The molecule has 2 fully saturated rings. The highest BCUT2D eigenvalue weighted by molar-refractivity contribution is 5.66. The minimum absolute atomic E-state index is 0.0930. The quantitative estimate of drug-likeness (QED) is 0.0636. The summed E-state index contributed by atoms with van der Waals surface area (Å²) < 4.78 is 11.6. The summed E-state index contributed by atoms with van der Waals surface area (Å²) in [5.41, 5.74) is 0.485. The van der Waals surface area contributed by atoms with Crippen LogP contribution in [0.4, 0.5) is 0 Å². The monoisotopic (exact) mass is 633 g/mol. The van der Waals surface area contributed by atoms with Gasteiger partial charge in [0.1, 0.15) is 6.10 Å². The summed E-state index contributed by atoms with van der Waals surface area (Å²) in [7, 11) is 1.92. The van der Waals surface area contributed by atoms with Gasteiger partial charge in [-0.25, -0.2) is 0 Å². The highest BCUT2D eigenvalue weighted by Crippen LogP contribution is 2.55. The lowest BCUT2D eigenvalue weighted by Gasteiger charge is -2.51. The van der Waals surface area contributed by atoms with Crippen LogP contribution < -0.4 is 0 Å². The van der Waals surface area contributed by atoms with Crippen molar-refractivity contribution in [3.8, 4) is 0 Å². The maximum absolute atomic E-state index is 11.7. The maximum Gasteiger partial charge on any atom is 0.302 e. The lowest BCUT2D eigenvalue weighted by molar-refractivity contribution is -0.149. The third kappa shape index (κ3) is 17.4. The van der Waals surface area contributed by atoms with Gasteiger partial charge in [0, 0.05) is 14.0 Å². The number of unbranched alkanes of at least 4 members (excludes halogenated alkanes) is 20. The second-order valence-electron chi connectivity index (χ2n) is 15.6. The minimum atomic E-state index is -0.0930. The van der Waals surface area contributed by atoms with Crippen LogP contribution in [0.3, 0.4) is 0 Å². The van der Waals surface area contributed by atoms with Crippen LogP contribution >= 0.6 is 0 Å². The Morgan fingerprint density at radius 2 is 0.800 bits per heavy atom. The van der Waals surface area contributed by atoms with Crippen molar-refractivity contribution in [3.05, 3.63) is 0 Å². The van der Waals surface area contributed by atoms with Crippen LogP contribution in [0.1, 0.15) is 226 Å². The van der Waals surface area contributed by atoms with Crippen molar-refractivity contribution in [3.63, 3.8) is 0 Å². The minimum Gasteiger partial charge on any atom is -0.463 e. The molecule has 266 valence electrons. The predicted molar refractivity (Wildman–Crippen MR) is 195 cm³/mol. The maximum atomic E-state index is 11.7. The average molecular weight is 633 g/mol. The molecule has 0 atom stereocenters. The van der Waals surface area contributed by atoms with Crippen LogP contribution in [0, 0.1) is 17.3 Å². The SMILES string of the molecule is CCCCCCCCCCCCCC(CCCCCCCCCCCCC)(C1CCC(OC)CC1)C1CCC(OC(C)=O)CC1. The first-order chi connectivity index (χ1) is 22.1. The van der Waals surface area contributed by atoms with E-state index in [1.165, 1.54) is 193 Å². The molecule has 45 heavy (non-hydrogen) atoms. The summed E-state index contributed by atoms with van der Waals surface area (Å²) in [5, 5.41) is 0. The van der Waals surface area contributed by atoms with E-state index in [-0.39, 0.29) is 12.1 Å². The fourth-order valence-corrected chi connectivity index (χ4v) is 9.38. The number of rotatable bonds is 28. The van der Waals surface area contributed by atoms with Gasteiger partial charge in [0.15, 0.2) is 0 Å². The number of esters is 1. The molecular formula is C42H80O3. The van der Waals surface area contributed by atoms with Crippen molar-refractivity contribution in [2.24, 2.45) is 17.3 Å². The molecule has 0 heterocycles. The van der Waals surface area contributed by atoms with Gasteiger partial charge >= 0.3 is 5.97 Å². The Morgan fingerprint density at radius 1 is 0.489 bits per heavy atom. The molecule has 2 aliphatic carbocycles. The number of ether oxygens (including phenoxy) is 2. The first-order valence-electron chi connectivity index (χ1n) is 20.8. The molecule has 0 spiro atoms. The van der Waals surface area contributed by atoms with Crippen LogP contribution in [0.25, 0.3) is 0 Å². The number of hydrogen-bond acceptors (Lipinski definition) is 3. The molecule has 0 saturated heterocycles. The van der Waals surface area contributed by atoms with Gasteiger partial charge in [-0.2, -0.15) is 0 Å². The van der Waals surface area contributed by atoms with Crippen molar-refractivity contribution in [2.45, 2.75) is 238 Å². The van der Waals surface area contributed by atoms with Crippen molar-refractivity contribution in [2.75, 3.05) is 7.11 Å². The molecule has 0 aromatic carbocycles. The Labute approximate surface area is 282 Å². The zero-order valence-electron chi connectivity index (χ0n) is 31.2. The molecule has 2 rings (SSSR count). The number of methoxy groups -OCH3 is 1. The second-order valence-corrected chi connectivity index (χ2v) is 15.6. The molecule has 0 unspecified atom stereocenters. The van der Waals surface area contributed by atoms with Crippen LogP contribution in [-0.4, -0.2) is 25.3 Å². The van der Waals surface area contributed by atoms with Gasteiger partial charge in [-0.05, 0) is 81.5 Å². The van der Waals surface area contributed by atoms with Gasteiger partial charge < -0.3 is 9.47 Å². The zero-order chi connectivity index (χ0) is 32.4. The lowest BCUT2D eigenvalue weighted by atomic mass is 9.54. The number of carbonyl (C=O) groups is 1. The summed E-state index contributed by atoms with van der Waals surface area (Å²) in [6.07, 6.45) is 44.8. The molecule has 2 aliphatic rings. The standard InChI is InChI=1S/C42H80O3/c1-5-7-9-11-13-15-17-19-21-23-25-35-42(38-27-31-40(44-4)32-28-38,39-29-33-41(34-30-39)45-37(3)43)36-26-24-22-20-18-16-14-12-10-8-6-2/h38-41H,5-36H2,1-4H3. The second kappa shape index (κ2) is 26.4. The molecule has 3 nitrogen and oxygen atoms in total. The van der Waals surface area contributed by atoms with Crippen molar-refractivity contribution in [1.82, 2.24) is 0 Å². The fourth-order valence-electron chi connectivity index (χ4n) is 9.38. The molecule has 0 aromatic heterocycles. The smallest absolute Gasteiger partial charge is 0.302 e. The van der Waals surface area contributed by atoms with Gasteiger partial charge in [0.25, 0.3) is 0 Å². The normalized spacial score (nSPS) is 22.5. The molecule has 2 saturated carbocycles. The average Bonchev–Trinajstić information content (AvgIpc) is 3.05. The molecule has 3 heteroatoms. The van der Waals surface area contributed by atoms with Crippen molar-refractivity contribution in [1.29, 1.82) is 0 Å². The molecule has 0 N–H and O–H groups in total. The van der Waals surface area contributed by atoms with Gasteiger partial charge in [-0.15, -0.1) is 0 Å². The van der Waals surface area contributed by atoms with E-state index in [9.17, 15) is 4.79 Å². The Hall–Kier alpha value is -0.570. The van der Waals surface area contributed by atoms with Gasteiger partial charge in [-0.1, -0.05) is 155 Å².